The molecule has 0 fully saturated rings. The topological polar surface area (TPSA) is 48.1 Å². The minimum Gasteiger partial charge on any atom is -0.368 e. The Bertz CT molecular complexity index is 340. The van der Waals surface area contributed by atoms with Gasteiger partial charge in [0.2, 0.25) is 0 Å². The lowest BCUT2D eigenvalue weighted by atomic mass is 10.0. The zero-order valence-corrected chi connectivity index (χ0v) is 12.1. The summed E-state index contributed by atoms with van der Waals surface area (Å²) in [7, 11) is 0. The van der Waals surface area contributed by atoms with Gasteiger partial charge in [0.15, 0.2) is 0 Å². The van der Waals surface area contributed by atoms with E-state index in [4.69, 9.17) is 10.5 Å². The molecule has 3 nitrogen and oxygen atoms in total. The van der Waals surface area contributed by atoms with Gasteiger partial charge in [-0.1, -0.05) is 20.3 Å². The predicted molar refractivity (Wildman–Crippen MR) is 73.2 cm³/mol. The number of thiazole rings is 1. The van der Waals surface area contributed by atoms with Gasteiger partial charge in [-0.3, -0.25) is 0 Å². The van der Waals surface area contributed by atoms with Gasteiger partial charge in [0.25, 0.3) is 0 Å². The number of aromatic nitrogens is 1. The van der Waals surface area contributed by atoms with Gasteiger partial charge in [0.05, 0.1) is 5.69 Å². The Morgan fingerprint density at radius 2 is 2.18 bits per heavy atom. The molecule has 1 rings (SSSR count). The zero-order chi connectivity index (χ0) is 12.9. The van der Waals surface area contributed by atoms with Crippen molar-refractivity contribution in [2.75, 3.05) is 6.61 Å². The Morgan fingerprint density at radius 3 is 2.71 bits per heavy atom. The molecule has 98 valence electrons. The van der Waals surface area contributed by atoms with Crippen molar-refractivity contribution in [2.45, 2.75) is 58.6 Å². The summed E-state index contributed by atoms with van der Waals surface area (Å²) in [6, 6.07) is 0.0627. The van der Waals surface area contributed by atoms with Crippen LogP contribution in [0.1, 0.15) is 63.7 Å². The summed E-state index contributed by atoms with van der Waals surface area (Å²) >= 11 is 1.66. The van der Waals surface area contributed by atoms with Crippen LogP contribution in [0.15, 0.2) is 5.38 Å². The standard InChI is InChI=1S/C13H24N2OS/c1-5-8-10(14)11-9-17-12(15-11)13(4,6-2)16-7-3/h9-10H,5-8,14H2,1-4H3. The van der Waals surface area contributed by atoms with Gasteiger partial charge in [-0.2, -0.15) is 0 Å². The Kier molecular flexibility index (Phi) is 5.56. The molecule has 0 aliphatic rings. The van der Waals surface area contributed by atoms with Gasteiger partial charge in [-0.05, 0) is 26.7 Å². The SMILES string of the molecule is CCCC(N)c1csc(C(C)(CC)OCC)n1. The number of nitrogens with zero attached hydrogens (tertiary/aromatic N) is 1. The highest BCUT2D eigenvalue weighted by molar-refractivity contribution is 7.09. The lowest BCUT2D eigenvalue weighted by Crippen LogP contribution is -2.25. The molecule has 0 amide bonds. The maximum atomic E-state index is 6.08. The van der Waals surface area contributed by atoms with Crippen molar-refractivity contribution in [3.8, 4) is 0 Å². The highest BCUT2D eigenvalue weighted by atomic mass is 32.1. The Labute approximate surface area is 108 Å². The normalized spacial score (nSPS) is 16.8. The quantitative estimate of drug-likeness (QED) is 0.810. The molecular formula is C13H24N2OS. The third-order valence-corrected chi connectivity index (χ3v) is 4.20. The lowest BCUT2D eigenvalue weighted by molar-refractivity contribution is -0.0325. The molecule has 0 aromatic carbocycles. The molecule has 0 aliphatic carbocycles. The van der Waals surface area contributed by atoms with E-state index in [0.717, 1.165) is 30.0 Å². The van der Waals surface area contributed by atoms with Crippen LogP contribution < -0.4 is 5.73 Å². The first-order valence-corrected chi connectivity index (χ1v) is 7.30. The van der Waals surface area contributed by atoms with Crippen LogP contribution in [-0.4, -0.2) is 11.6 Å². The van der Waals surface area contributed by atoms with E-state index in [0.29, 0.717) is 6.61 Å². The Balaban J connectivity index is 2.85. The van der Waals surface area contributed by atoms with Crippen LogP contribution in [0.5, 0.6) is 0 Å². The predicted octanol–water partition coefficient (Wildman–Crippen LogP) is 3.60. The Morgan fingerprint density at radius 1 is 1.47 bits per heavy atom. The molecule has 4 heteroatoms. The van der Waals surface area contributed by atoms with E-state index in [2.05, 4.69) is 31.1 Å². The molecule has 1 aromatic rings. The summed E-state index contributed by atoms with van der Waals surface area (Å²) in [5.41, 5.74) is 6.83. The average Bonchev–Trinajstić information content (AvgIpc) is 2.79. The van der Waals surface area contributed by atoms with Gasteiger partial charge < -0.3 is 10.5 Å². The van der Waals surface area contributed by atoms with Gasteiger partial charge in [-0.15, -0.1) is 11.3 Å². The first-order valence-electron chi connectivity index (χ1n) is 6.42. The van der Waals surface area contributed by atoms with Crippen LogP contribution in [0.2, 0.25) is 0 Å². The minimum atomic E-state index is -0.260. The van der Waals surface area contributed by atoms with Crippen LogP contribution in [0, 0.1) is 0 Å². The second kappa shape index (κ2) is 6.47. The van der Waals surface area contributed by atoms with Gasteiger partial charge in [0.1, 0.15) is 10.6 Å². The molecule has 1 aromatic heterocycles. The Hall–Kier alpha value is -0.450. The van der Waals surface area contributed by atoms with E-state index in [1.165, 1.54) is 0 Å². The number of nitrogens with two attached hydrogens (primary N) is 1. The maximum absolute atomic E-state index is 6.08. The number of ether oxygens (including phenoxy) is 1. The first-order chi connectivity index (χ1) is 8.07. The van der Waals surface area contributed by atoms with Crippen molar-refractivity contribution < 1.29 is 4.74 Å². The van der Waals surface area contributed by atoms with Gasteiger partial charge >= 0.3 is 0 Å². The van der Waals surface area contributed by atoms with E-state index in [1.54, 1.807) is 11.3 Å². The molecule has 0 saturated carbocycles. The fourth-order valence-corrected chi connectivity index (χ4v) is 2.86. The summed E-state index contributed by atoms with van der Waals surface area (Å²) in [4.78, 5) is 4.66. The summed E-state index contributed by atoms with van der Waals surface area (Å²) < 4.78 is 5.82. The molecular weight excluding hydrogens is 232 g/mol. The number of hydrogen-bond donors (Lipinski definition) is 1. The largest absolute Gasteiger partial charge is 0.368 e. The molecule has 0 spiro atoms. The van der Waals surface area contributed by atoms with Gasteiger partial charge in [0, 0.05) is 18.0 Å². The summed E-state index contributed by atoms with van der Waals surface area (Å²) in [6.45, 7) is 9.10. The first kappa shape index (κ1) is 14.6. The van der Waals surface area contributed by atoms with E-state index >= 15 is 0 Å². The molecule has 2 atom stereocenters. The highest BCUT2D eigenvalue weighted by Crippen LogP contribution is 2.32. The average molecular weight is 256 g/mol. The van der Waals surface area contributed by atoms with Crippen LogP contribution in [0.25, 0.3) is 0 Å². The van der Waals surface area contributed by atoms with Crippen molar-refractivity contribution >= 4 is 11.3 Å². The summed E-state index contributed by atoms with van der Waals surface area (Å²) in [5.74, 6) is 0. The van der Waals surface area contributed by atoms with Crippen molar-refractivity contribution in [2.24, 2.45) is 5.73 Å². The molecule has 2 unspecified atom stereocenters. The van der Waals surface area contributed by atoms with E-state index in [9.17, 15) is 0 Å². The third kappa shape index (κ3) is 3.50. The van der Waals surface area contributed by atoms with Crippen LogP contribution in [-0.2, 0) is 10.3 Å². The molecule has 0 bridgehead atoms. The fourth-order valence-electron chi connectivity index (χ4n) is 1.79. The van der Waals surface area contributed by atoms with E-state index in [-0.39, 0.29) is 11.6 Å². The summed E-state index contributed by atoms with van der Waals surface area (Å²) in [5, 5.41) is 3.12. The molecule has 0 aliphatic heterocycles. The molecule has 17 heavy (non-hydrogen) atoms. The number of rotatable bonds is 7. The van der Waals surface area contributed by atoms with Crippen molar-refractivity contribution in [3.05, 3.63) is 16.1 Å². The highest BCUT2D eigenvalue weighted by Gasteiger charge is 2.29. The molecule has 0 radical (unpaired) electrons. The van der Waals surface area contributed by atoms with E-state index < -0.39 is 0 Å². The van der Waals surface area contributed by atoms with Crippen LogP contribution >= 0.6 is 11.3 Å². The fraction of sp³-hybridized carbons (Fsp3) is 0.769. The van der Waals surface area contributed by atoms with Crippen LogP contribution in [0.3, 0.4) is 0 Å². The smallest absolute Gasteiger partial charge is 0.125 e. The summed E-state index contributed by atoms with van der Waals surface area (Å²) in [6.07, 6.45) is 3.00. The van der Waals surface area contributed by atoms with Crippen LogP contribution in [0.4, 0.5) is 0 Å². The lowest BCUT2D eigenvalue weighted by Gasteiger charge is -2.25. The molecule has 1 heterocycles. The van der Waals surface area contributed by atoms with Crippen molar-refractivity contribution in [3.63, 3.8) is 0 Å². The maximum Gasteiger partial charge on any atom is 0.125 e. The molecule has 2 N–H and O–H groups in total. The monoisotopic (exact) mass is 256 g/mol. The second-order valence-electron chi connectivity index (χ2n) is 4.49. The van der Waals surface area contributed by atoms with E-state index in [1.807, 2.05) is 6.92 Å². The molecule has 0 saturated heterocycles. The van der Waals surface area contributed by atoms with Crippen molar-refractivity contribution in [1.29, 1.82) is 0 Å². The zero-order valence-electron chi connectivity index (χ0n) is 11.3. The second-order valence-corrected chi connectivity index (χ2v) is 5.35. The third-order valence-electron chi connectivity index (χ3n) is 3.09. The van der Waals surface area contributed by atoms with Gasteiger partial charge in [-0.25, -0.2) is 4.98 Å². The van der Waals surface area contributed by atoms with Crippen molar-refractivity contribution in [1.82, 2.24) is 4.98 Å². The minimum absolute atomic E-state index is 0.0627. The number of hydrogen-bond acceptors (Lipinski definition) is 4.